The summed E-state index contributed by atoms with van der Waals surface area (Å²) >= 11 is 0. The van der Waals surface area contributed by atoms with Gasteiger partial charge >= 0.3 is 12.1 Å². The van der Waals surface area contributed by atoms with Crippen molar-refractivity contribution in [3.8, 4) is 16.9 Å². The van der Waals surface area contributed by atoms with Crippen LogP contribution in [-0.2, 0) is 29.0 Å². The Morgan fingerprint density at radius 1 is 1.00 bits per heavy atom. The van der Waals surface area contributed by atoms with Gasteiger partial charge in [-0.05, 0) is 59.7 Å². The van der Waals surface area contributed by atoms with Crippen LogP contribution in [0.15, 0.2) is 66.7 Å². The lowest BCUT2D eigenvalue weighted by Gasteiger charge is -2.41. The highest BCUT2D eigenvalue weighted by molar-refractivity contribution is 5.85. The van der Waals surface area contributed by atoms with Crippen molar-refractivity contribution < 1.29 is 19.1 Å². The summed E-state index contributed by atoms with van der Waals surface area (Å²) in [5, 5.41) is 2.48. The quantitative estimate of drug-likeness (QED) is 0.387. The van der Waals surface area contributed by atoms with Crippen molar-refractivity contribution in [3.63, 3.8) is 0 Å². The van der Waals surface area contributed by atoms with Crippen LogP contribution in [0.25, 0.3) is 11.1 Å². The Morgan fingerprint density at radius 2 is 1.80 bits per heavy atom. The molecule has 0 fully saturated rings. The van der Waals surface area contributed by atoms with E-state index in [1.165, 1.54) is 16.7 Å². The maximum atomic E-state index is 12.6. The number of amides is 1. The van der Waals surface area contributed by atoms with Gasteiger partial charge in [-0.3, -0.25) is 4.90 Å². The van der Waals surface area contributed by atoms with Gasteiger partial charge in [-0.25, -0.2) is 9.59 Å². The molecule has 1 heterocycles. The smallest absolute Gasteiger partial charge is 0.407 e. The van der Waals surface area contributed by atoms with Crippen molar-refractivity contribution in [2.24, 2.45) is 0 Å². The van der Waals surface area contributed by atoms with Crippen molar-refractivity contribution in [1.29, 1.82) is 0 Å². The molecule has 5 rings (SSSR count). The average Bonchev–Trinajstić information content (AvgIpc) is 2.88. The van der Waals surface area contributed by atoms with Crippen LogP contribution in [-0.4, -0.2) is 36.6 Å². The van der Waals surface area contributed by atoms with E-state index in [1.807, 2.05) is 42.5 Å². The maximum Gasteiger partial charge on any atom is 0.407 e. The SMILES string of the molecule is CCCN1CCc2cccc3c2[C@H]1Cc1cccc(OC(=O)CNC(=O)OCc2ccccc2)c1-3. The summed E-state index contributed by atoms with van der Waals surface area (Å²) < 4.78 is 10.9. The fourth-order valence-electron chi connectivity index (χ4n) is 5.25. The van der Waals surface area contributed by atoms with Crippen molar-refractivity contribution in [3.05, 3.63) is 89.0 Å². The zero-order valence-electron chi connectivity index (χ0n) is 20.0. The minimum absolute atomic E-state index is 0.142. The number of nitrogens with one attached hydrogen (secondary N) is 1. The molecule has 3 aromatic rings. The molecule has 180 valence electrons. The standard InChI is InChI=1S/C29H30N2O4/c1-2-15-31-16-14-21-10-6-12-23-27(21)24(31)17-22-11-7-13-25(28(22)23)35-26(32)18-30-29(33)34-19-20-8-4-3-5-9-20/h3-13,24H,2,14-19H2,1H3,(H,30,33)/t24-/m1/s1. The number of alkyl carbamates (subject to hydrolysis) is 1. The van der Waals surface area contributed by atoms with E-state index < -0.39 is 12.1 Å². The molecule has 0 aromatic heterocycles. The first-order valence-electron chi connectivity index (χ1n) is 12.3. The highest BCUT2D eigenvalue weighted by Crippen LogP contribution is 2.48. The molecule has 0 spiro atoms. The van der Waals surface area contributed by atoms with Gasteiger partial charge in [0, 0.05) is 18.2 Å². The van der Waals surface area contributed by atoms with E-state index in [-0.39, 0.29) is 13.2 Å². The Kier molecular flexibility index (Phi) is 6.82. The summed E-state index contributed by atoms with van der Waals surface area (Å²) in [4.78, 5) is 27.2. The molecule has 1 atom stereocenters. The largest absolute Gasteiger partial charge is 0.445 e. The Labute approximate surface area is 205 Å². The second kappa shape index (κ2) is 10.3. The van der Waals surface area contributed by atoms with Gasteiger partial charge in [0.2, 0.25) is 0 Å². The summed E-state index contributed by atoms with van der Waals surface area (Å²) in [6.45, 7) is 4.25. The van der Waals surface area contributed by atoms with E-state index in [0.29, 0.717) is 11.8 Å². The second-order valence-electron chi connectivity index (χ2n) is 9.06. The van der Waals surface area contributed by atoms with Crippen LogP contribution in [0, 0.1) is 0 Å². The highest BCUT2D eigenvalue weighted by Gasteiger charge is 2.35. The molecule has 6 heteroatoms. The number of hydrogen-bond acceptors (Lipinski definition) is 5. The van der Waals surface area contributed by atoms with Crippen molar-refractivity contribution in [1.82, 2.24) is 10.2 Å². The number of hydrogen-bond donors (Lipinski definition) is 1. The van der Waals surface area contributed by atoms with Crippen molar-refractivity contribution in [2.75, 3.05) is 19.6 Å². The molecule has 0 bridgehead atoms. The van der Waals surface area contributed by atoms with E-state index in [4.69, 9.17) is 9.47 Å². The van der Waals surface area contributed by atoms with E-state index in [1.54, 1.807) is 0 Å². The summed E-state index contributed by atoms with van der Waals surface area (Å²) in [7, 11) is 0. The lowest BCUT2D eigenvalue weighted by atomic mass is 9.77. The number of ether oxygens (including phenoxy) is 2. The fraction of sp³-hybridized carbons (Fsp3) is 0.310. The van der Waals surface area contributed by atoms with Gasteiger partial charge < -0.3 is 14.8 Å². The van der Waals surface area contributed by atoms with E-state index >= 15 is 0 Å². The Hall–Kier alpha value is -3.64. The summed E-state index contributed by atoms with van der Waals surface area (Å²) in [5.41, 5.74) is 6.94. The number of esters is 1. The molecule has 2 aliphatic rings. The Bertz CT molecular complexity index is 1220. The van der Waals surface area contributed by atoms with E-state index in [0.717, 1.165) is 49.0 Å². The molecule has 6 nitrogen and oxygen atoms in total. The summed E-state index contributed by atoms with van der Waals surface area (Å²) in [6.07, 6.45) is 2.40. The molecule has 1 aliphatic carbocycles. The van der Waals surface area contributed by atoms with Crippen molar-refractivity contribution in [2.45, 2.75) is 38.8 Å². The third-order valence-corrected chi connectivity index (χ3v) is 6.76. The molecule has 0 unspecified atom stereocenters. The van der Waals surface area contributed by atoms with Gasteiger partial charge in [0.15, 0.2) is 0 Å². The maximum absolute atomic E-state index is 12.6. The monoisotopic (exact) mass is 470 g/mol. The van der Waals surface area contributed by atoms with E-state index in [9.17, 15) is 9.59 Å². The number of fused-ring (bicyclic) bond motifs is 2. The van der Waals surface area contributed by atoms with Gasteiger partial charge in [0.1, 0.15) is 18.9 Å². The normalized spacial score (nSPS) is 16.1. The van der Waals surface area contributed by atoms with Crippen LogP contribution in [0.5, 0.6) is 5.75 Å². The topological polar surface area (TPSA) is 67.9 Å². The van der Waals surface area contributed by atoms with Crippen LogP contribution in [0.3, 0.4) is 0 Å². The molecule has 35 heavy (non-hydrogen) atoms. The number of nitrogens with zero attached hydrogens (tertiary/aromatic N) is 1. The van der Waals surface area contributed by atoms with Gasteiger partial charge in [-0.2, -0.15) is 0 Å². The average molecular weight is 471 g/mol. The molecule has 0 radical (unpaired) electrons. The number of carbonyl (C=O) groups excluding carboxylic acids is 2. The fourth-order valence-corrected chi connectivity index (χ4v) is 5.25. The zero-order valence-corrected chi connectivity index (χ0v) is 20.0. The van der Waals surface area contributed by atoms with Gasteiger partial charge in [0.05, 0.1) is 0 Å². The van der Waals surface area contributed by atoms with E-state index in [2.05, 4.69) is 41.4 Å². The predicted octanol–water partition coefficient (Wildman–Crippen LogP) is 5.05. The van der Waals surface area contributed by atoms with Crippen LogP contribution in [0.4, 0.5) is 4.79 Å². The number of carbonyl (C=O) groups is 2. The highest BCUT2D eigenvalue weighted by atomic mass is 16.6. The number of benzene rings is 3. The van der Waals surface area contributed by atoms with Crippen molar-refractivity contribution >= 4 is 12.1 Å². The first kappa shape index (κ1) is 23.1. The minimum atomic E-state index is -0.656. The number of rotatable bonds is 7. The summed E-state index contributed by atoms with van der Waals surface area (Å²) in [6, 6.07) is 22.1. The molecule has 1 N–H and O–H groups in total. The zero-order chi connectivity index (χ0) is 24.2. The van der Waals surface area contributed by atoms with Gasteiger partial charge in [-0.1, -0.05) is 67.6 Å². The van der Waals surface area contributed by atoms with Gasteiger partial charge in [-0.15, -0.1) is 0 Å². The molecule has 0 saturated heterocycles. The molecule has 1 amide bonds. The Morgan fingerprint density at radius 3 is 2.63 bits per heavy atom. The van der Waals surface area contributed by atoms with Gasteiger partial charge in [0.25, 0.3) is 0 Å². The van der Waals surface area contributed by atoms with Crippen LogP contribution in [0.1, 0.15) is 41.6 Å². The molecule has 3 aromatic carbocycles. The molecule has 0 saturated carbocycles. The first-order valence-corrected chi connectivity index (χ1v) is 12.3. The first-order chi connectivity index (χ1) is 17.1. The van der Waals surface area contributed by atoms with Crippen LogP contribution >= 0.6 is 0 Å². The Balaban J connectivity index is 1.29. The third kappa shape index (κ3) is 4.93. The lowest BCUT2D eigenvalue weighted by Crippen LogP contribution is -2.39. The molecular formula is C29H30N2O4. The third-order valence-electron chi connectivity index (χ3n) is 6.76. The minimum Gasteiger partial charge on any atom is -0.445 e. The van der Waals surface area contributed by atoms with Crippen LogP contribution in [0.2, 0.25) is 0 Å². The molecular weight excluding hydrogens is 440 g/mol. The van der Waals surface area contributed by atoms with Crippen LogP contribution < -0.4 is 10.1 Å². The second-order valence-corrected chi connectivity index (χ2v) is 9.06. The predicted molar refractivity (Wildman–Crippen MR) is 134 cm³/mol. The lowest BCUT2D eigenvalue weighted by molar-refractivity contribution is -0.133. The molecule has 1 aliphatic heterocycles. The summed E-state index contributed by atoms with van der Waals surface area (Å²) in [5.74, 6) is 0.000936.